The second-order valence-corrected chi connectivity index (χ2v) is 6.15. The van der Waals surface area contributed by atoms with E-state index >= 15 is 0 Å². The maximum absolute atomic E-state index is 4.48. The number of imidazole rings is 1. The number of hydrogen-bond acceptors (Lipinski definition) is 4. The van der Waals surface area contributed by atoms with Crippen molar-refractivity contribution in [3.05, 3.63) is 12.7 Å². The van der Waals surface area contributed by atoms with Crippen LogP contribution in [-0.4, -0.2) is 33.0 Å². The second-order valence-electron chi connectivity index (χ2n) is 6.15. The first-order valence-corrected chi connectivity index (χ1v) is 7.47. The van der Waals surface area contributed by atoms with E-state index in [0.717, 1.165) is 42.9 Å². The molecule has 0 fully saturated rings. The lowest BCUT2D eigenvalue weighted by Gasteiger charge is -2.25. The molecule has 110 valence electrons. The molecule has 0 bridgehead atoms. The molecule has 0 saturated carbocycles. The van der Waals surface area contributed by atoms with Gasteiger partial charge >= 0.3 is 0 Å². The Morgan fingerprint density at radius 1 is 1.00 bits per heavy atom. The van der Waals surface area contributed by atoms with Crippen LogP contribution in [0.1, 0.15) is 40.5 Å². The van der Waals surface area contributed by atoms with E-state index in [9.17, 15) is 0 Å². The van der Waals surface area contributed by atoms with E-state index in [-0.39, 0.29) is 0 Å². The van der Waals surface area contributed by atoms with Gasteiger partial charge in [0.1, 0.15) is 11.8 Å². The monoisotopic (exact) mass is 275 g/mol. The molecule has 2 aromatic heterocycles. The lowest BCUT2D eigenvalue weighted by molar-refractivity contribution is 0.533. The predicted molar refractivity (Wildman–Crippen MR) is 82.8 cm³/mol. The third-order valence-corrected chi connectivity index (χ3v) is 3.46. The minimum atomic E-state index is 0.690. The number of nitrogens with one attached hydrogen (secondary N) is 1. The molecular weight excluding hydrogens is 250 g/mol. The highest BCUT2D eigenvalue weighted by molar-refractivity contribution is 5.82. The van der Waals surface area contributed by atoms with Crippen LogP contribution in [0.2, 0.25) is 0 Å². The van der Waals surface area contributed by atoms with Crippen LogP contribution >= 0.6 is 0 Å². The van der Waals surface area contributed by atoms with Crippen LogP contribution in [0.4, 0.5) is 5.82 Å². The molecule has 0 amide bonds. The summed E-state index contributed by atoms with van der Waals surface area (Å²) in [6.45, 7) is 11.1. The smallest absolute Gasteiger partial charge is 0.182 e. The van der Waals surface area contributed by atoms with Crippen LogP contribution in [0, 0.1) is 11.8 Å². The molecule has 2 heterocycles. The van der Waals surface area contributed by atoms with Gasteiger partial charge in [0, 0.05) is 13.1 Å². The van der Waals surface area contributed by atoms with Crippen LogP contribution in [0.15, 0.2) is 12.7 Å². The normalized spacial score (nSPS) is 11.7. The molecule has 2 aromatic rings. The second kappa shape index (κ2) is 6.68. The van der Waals surface area contributed by atoms with Gasteiger partial charge in [0.15, 0.2) is 11.5 Å². The number of anilines is 1. The van der Waals surface area contributed by atoms with E-state index in [0.29, 0.717) is 11.8 Å². The Morgan fingerprint density at radius 2 is 1.65 bits per heavy atom. The van der Waals surface area contributed by atoms with Gasteiger partial charge in [-0.2, -0.15) is 0 Å². The zero-order valence-corrected chi connectivity index (χ0v) is 12.9. The van der Waals surface area contributed by atoms with E-state index in [1.165, 1.54) is 0 Å². The standard InChI is InChI=1S/C15H25N5/c1-11(2)5-7-20(8-6-12(3)4)15-13-14(17-9-16-13)18-10-19-15/h9-12H,5-8H2,1-4H3,(H,16,17,18,19). The third-order valence-electron chi connectivity index (χ3n) is 3.46. The molecule has 0 radical (unpaired) electrons. The molecule has 0 saturated heterocycles. The molecule has 0 aliphatic carbocycles. The summed E-state index contributed by atoms with van der Waals surface area (Å²) in [6.07, 6.45) is 5.62. The molecular formula is C15H25N5. The number of aromatic amines is 1. The van der Waals surface area contributed by atoms with Crippen molar-refractivity contribution in [1.82, 2.24) is 19.9 Å². The minimum Gasteiger partial charge on any atom is -0.355 e. The molecule has 0 spiro atoms. The number of rotatable bonds is 7. The lowest BCUT2D eigenvalue weighted by Crippen LogP contribution is -2.28. The highest BCUT2D eigenvalue weighted by Gasteiger charge is 2.14. The fraction of sp³-hybridized carbons (Fsp3) is 0.667. The summed E-state index contributed by atoms with van der Waals surface area (Å²) in [4.78, 5) is 18.4. The highest BCUT2D eigenvalue weighted by Crippen LogP contribution is 2.21. The molecule has 5 nitrogen and oxygen atoms in total. The molecule has 0 unspecified atom stereocenters. The number of H-pyrrole nitrogens is 1. The molecule has 0 aliphatic heterocycles. The van der Waals surface area contributed by atoms with Gasteiger partial charge in [0.2, 0.25) is 0 Å². The third kappa shape index (κ3) is 3.68. The fourth-order valence-electron chi connectivity index (χ4n) is 2.14. The Hall–Kier alpha value is -1.65. The first-order chi connectivity index (χ1) is 9.58. The summed E-state index contributed by atoms with van der Waals surface area (Å²) in [5, 5.41) is 0. The molecule has 0 aliphatic rings. The molecule has 5 heteroatoms. The zero-order chi connectivity index (χ0) is 14.5. The number of nitrogens with zero attached hydrogens (tertiary/aromatic N) is 4. The van der Waals surface area contributed by atoms with Crippen LogP contribution in [-0.2, 0) is 0 Å². The van der Waals surface area contributed by atoms with Gasteiger partial charge in [-0.15, -0.1) is 0 Å². The van der Waals surface area contributed by atoms with Gasteiger partial charge in [-0.1, -0.05) is 27.7 Å². The minimum absolute atomic E-state index is 0.690. The van der Waals surface area contributed by atoms with E-state index < -0.39 is 0 Å². The maximum Gasteiger partial charge on any atom is 0.182 e. The van der Waals surface area contributed by atoms with Crippen LogP contribution in [0.3, 0.4) is 0 Å². The number of hydrogen-bond donors (Lipinski definition) is 1. The van der Waals surface area contributed by atoms with Crippen molar-refractivity contribution in [2.45, 2.75) is 40.5 Å². The molecule has 20 heavy (non-hydrogen) atoms. The Balaban J connectivity index is 2.21. The van der Waals surface area contributed by atoms with Gasteiger partial charge in [0.05, 0.1) is 6.33 Å². The van der Waals surface area contributed by atoms with Crippen molar-refractivity contribution in [3.63, 3.8) is 0 Å². The Labute approximate surface area is 120 Å². The summed E-state index contributed by atoms with van der Waals surface area (Å²) < 4.78 is 0. The van der Waals surface area contributed by atoms with Gasteiger partial charge in [-0.05, 0) is 24.7 Å². The van der Waals surface area contributed by atoms with Crippen LogP contribution in [0.25, 0.3) is 11.2 Å². The van der Waals surface area contributed by atoms with Crippen molar-refractivity contribution >= 4 is 17.0 Å². The van der Waals surface area contributed by atoms with Crippen LogP contribution in [0.5, 0.6) is 0 Å². The first kappa shape index (κ1) is 14.8. The van der Waals surface area contributed by atoms with Gasteiger partial charge in [0.25, 0.3) is 0 Å². The van der Waals surface area contributed by atoms with E-state index in [2.05, 4.69) is 52.5 Å². The summed E-state index contributed by atoms with van der Waals surface area (Å²) >= 11 is 0. The average molecular weight is 275 g/mol. The fourth-order valence-corrected chi connectivity index (χ4v) is 2.14. The first-order valence-electron chi connectivity index (χ1n) is 7.47. The van der Waals surface area contributed by atoms with Crippen LogP contribution < -0.4 is 4.90 Å². The Morgan fingerprint density at radius 3 is 2.25 bits per heavy atom. The van der Waals surface area contributed by atoms with Crippen molar-refractivity contribution < 1.29 is 0 Å². The topological polar surface area (TPSA) is 57.7 Å². The van der Waals surface area contributed by atoms with Gasteiger partial charge in [-0.3, -0.25) is 0 Å². The molecule has 0 aromatic carbocycles. The lowest BCUT2D eigenvalue weighted by atomic mass is 10.1. The predicted octanol–water partition coefficient (Wildman–Crippen LogP) is 3.25. The zero-order valence-electron chi connectivity index (χ0n) is 12.9. The van der Waals surface area contributed by atoms with Gasteiger partial charge < -0.3 is 9.88 Å². The summed E-state index contributed by atoms with van der Waals surface area (Å²) in [5.41, 5.74) is 1.69. The summed E-state index contributed by atoms with van der Waals surface area (Å²) in [6, 6.07) is 0. The molecule has 1 N–H and O–H groups in total. The Bertz CT molecular complexity index is 520. The number of fused-ring (bicyclic) bond motifs is 1. The SMILES string of the molecule is CC(C)CCN(CCC(C)C)c1ncnc2nc[nH]c12. The van der Waals surface area contributed by atoms with Crippen molar-refractivity contribution in [2.75, 3.05) is 18.0 Å². The highest BCUT2D eigenvalue weighted by atomic mass is 15.2. The van der Waals surface area contributed by atoms with Crippen molar-refractivity contribution in [3.8, 4) is 0 Å². The van der Waals surface area contributed by atoms with Gasteiger partial charge in [-0.25, -0.2) is 15.0 Å². The molecule has 2 rings (SSSR count). The average Bonchev–Trinajstić information content (AvgIpc) is 2.86. The van der Waals surface area contributed by atoms with E-state index in [1.807, 2.05) is 0 Å². The quantitative estimate of drug-likeness (QED) is 0.842. The maximum atomic E-state index is 4.48. The molecule has 0 atom stereocenters. The summed E-state index contributed by atoms with van der Waals surface area (Å²) in [7, 11) is 0. The van der Waals surface area contributed by atoms with Crippen molar-refractivity contribution in [1.29, 1.82) is 0 Å². The van der Waals surface area contributed by atoms with Crippen molar-refractivity contribution in [2.24, 2.45) is 11.8 Å². The number of aromatic nitrogens is 4. The largest absolute Gasteiger partial charge is 0.355 e. The van der Waals surface area contributed by atoms with E-state index in [4.69, 9.17) is 0 Å². The Kier molecular flexibility index (Phi) is 4.93. The van der Waals surface area contributed by atoms with E-state index in [1.54, 1.807) is 12.7 Å². The summed E-state index contributed by atoms with van der Waals surface area (Å²) in [5.74, 6) is 2.36.